The fourth-order valence-corrected chi connectivity index (χ4v) is 15.8. The normalized spacial score (nSPS) is 13.0. The van der Waals surface area contributed by atoms with E-state index < -0.39 is 25.4 Å². The smallest absolute Gasteiger partial charge is 0.398 e. The first-order valence-corrected chi connectivity index (χ1v) is 16.9. The molecule has 0 N–H and O–H groups in total. The topological polar surface area (TPSA) is 27.7 Å². The summed E-state index contributed by atoms with van der Waals surface area (Å²) in [5.74, 6) is 0. The Morgan fingerprint density at radius 3 is 1.48 bits per heavy atom. The molecule has 6 heteroatoms. The molecule has 0 heterocycles. The highest BCUT2D eigenvalue weighted by atomic mass is 28.5. The molecule has 2 rings (SSSR count). The second kappa shape index (κ2) is 8.11. The van der Waals surface area contributed by atoms with Crippen LogP contribution in [0.5, 0.6) is 0 Å². The molecule has 0 spiro atoms. The van der Waals surface area contributed by atoms with Gasteiger partial charge in [0.25, 0.3) is 0 Å². The number of hydrogen-bond acceptors (Lipinski definition) is 3. The first-order chi connectivity index (χ1) is 11.7. The highest BCUT2D eigenvalue weighted by Gasteiger charge is 2.48. The maximum absolute atomic E-state index is 6.88. The van der Waals surface area contributed by atoms with Gasteiger partial charge in [-0.3, -0.25) is 0 Å². The minimum absolute atomic E-state index is 0.605. The van der Waals surface area contributed by atoms with Crippen LogP contribution in [0.15, 0.2) is 60.7 Å². The largest absolute Gasteiger partial charge is 0.437 e. The van der Waals surface area contributed by atoms with E-state index in [1.54, 1.807) is 0 Å². The van der Waals surface area contributed by atoms with Gasteiger partial charge in [-0.15, -0.1) is 0 Å². The van der Waals surface area contributed by atoms with E-state index in [0.29, 0.717) is 6.61 Å². The molecule has 0 atom stereocenters. The minimum Gasteiger partial charge on any atom is -0.437 e. The molecule has 0 saturated heterocycles. The van der Waals surface area contributed by atoms with Crippen molar-refractivity contribution in [1.29, 1.82) is 0 Å². The summed E-state index contributed by atoms with van der Waals surface area (Å²) in [5, 5.41) is 2.26. The Bertz CT molecular complexity index is 615. The molecule has 0 aromatic heterocycles. The van der Waals surface area contributed by atoms with Crippen LogP contribution in [0, 0.1) is 0 Å². The van der Waals surface area contributed by atoms with Crippen molar-refractivity contribution in [3.63, 3.8) is 0 Å². The molecule has 0 radical (unpaired) electrons. The third-order valence-corrected chi connectivity index (χ3v) is 14.0. The van der Waals surface area contributed by atoms with Crippen molar-refractivity contribution < 1.29 is 12.7 Å². The van der Waals surface area contributed by atoms with Crippen molar-refractivity contribution in [1.82, 2.24) is 0 Å². The maximum atomic E-state index is 6.88. The lowest BCUT2D eigenvalue weighted by atomic mass is 10.4. The molecular formula is C19H30O3Si3. The Morgan fingerprint density at radius 1 is 0.680 bits per heavy atom. The molecule has 0 saturated carbocycles. The van der Waals surface area contributed by atoms with Gasteiger partial charge in [-0.25, -0.2) is 0 Å². The highest BCUT2D eigenvalue weighted by molar-refractivity contribution is 6.98. The molecule has 0 unspecified atom stereocenters. The molecular weight excluding hydrogens is 360 g/mol. The van der Waals surface area contributed by atoms with Crippen molar-refractivity contribution in [2.75, 3.05) is 6.61 Å². The van der Waals surface area contributed by atoms with E-state index in [1.165, 1.54) is 0 Å². The number of hydrogen-bond donors (Lipinski definition) is 0. The van der Waals surface area contributed by atoms with Gasteiger partial charge >= 0.3 is 17.1 Å². The van der Waals surface area contributed by atoms with Crippen LogP contribution in [0.25, 0.3) is 0 Å². The maximum Gasteiger partial charge on any atom is 0.398 e. The molecule has 0 fully saturated rings. The van der Waals surface area contributed by atoms with Gasteiger partial charge in [0.2, 0.25) is 0 Å². The van der Waals surface area contributed by atoms with E-state index in [4.69, 9.17) is 12.7 Å². The third-order valence-electron chi connectivity index (χ3n) is 3.60. The van der Waals surface area contributed by atoms with Crippen LogP contribution < -0.4 is 10.4 Å². The zero-order valence-corrected chi connectivity index (χ0v) is 19.2. The Kier molecular flexibility index (Phi) is 6.58. The average Bonchev–Trinajstić information content (AvgIpc) is 2.53. The number of rotatable bonds is 8. The lowest BCUT2D eigenvalue weighted by Crippen LogP contribution is -2.68. The second-order valence-corrected chi connectivity index (χ2v) is 18.8. The van der Waals surface area contributed by atoms with E-state index in [2.05, 4.69) is 81.3 Å². The van der Waals surface area contributed by atoms with Crippen LogP contribution in [0.3, 0.4) is 0 Å². The first kappa shape index (κ1) is 20.3. The minimum atomic E-state index is -2.82. The molecule has 0 aliphatic rings. The predicted molar refractivity (Wildman–Crippen MR) is 113 cm³/mol. The fourth-order valence-electron chi connectivity index (χ4n) is 3.10. The van der Waals surface area contributed by atoms with Crippen molar-refractivity contribution in [3.8, 4) is 0 Å². The second-order valence-electron chi connectivity index (χ2n) is 7.50. The lowest BCUT2D eigenvalue weighted by Gasteiger charge is -2.40. The van der Waals surface area contributed by atoms with Gasteiger partial charge in [-0.2, -0.15) is 0 Å². The third kappa shape index (κ3) is 5.47. The molecule has 0 amide bonds. The zero-order valence-electron chi connectivity index (χ0n) is 16.2. The van der Waals surface area contributed by atoms with Crippen LogP contribution in [0.2, 0.25) is 32.7 Å². The quantitative estimate of drug-likeness (QED) is 0.641. The predicted octanol–water partition coefficient (Wildman–Crippen LogP) is 3.85. The molecule has 3 nitrogen and oxygen atoms in total. The highest BCUT2D eigenvalue weighted by Crippen LogP contribution is 2.21. The fraction of sp³-hybridized carbons (Fsp3) is 0.368. The average molecular weight is 391 g/mol. The molecule has 2 aromatic rings. The van der Waals surface area contributed by atoms with Crippen molar-refractivity contribution >= 4 is 35.8 Å². The monoisotopic (exact) mass is 390 g/mol. The standard InChI is InChI=1S/C19H30O3Si3/c1-7-20-25(18-14-10-8-11-15-18,19-16-12-9-13-17-19)22-24(5,6)21-23(2,3)4/h8-17H,7H2,1-6H3. The SMILES string of the molecule is CCO[Si](O[Si](C)(C)O[Si](C)(C)C)(c1ccccc1)c1ccccc1. The van der Waals surface area contributed by atoms with Gasteiger partial charge in [0.15, 0.2) is 8.32 Å². The van der Waals surface area contributed by atoms with E-state index >= 15 is 0 Å². The molecule has 25 heavy (non-hydrogen) atoms. The summed E-state index contributed by atoms with van der Waals surface area (Å²) in [7, 11) is -6.92. The molecule has 136 valence electrons. The van der Waals surface area contributed by atoms with Gasteiger partial charge in [-0.05, 0) is 50.0 Å². The summed E-state index contributed by atoms with van der Waals surface area (Å²) in [5.41, 5.74) is 0. The zero-order chi connectivity index (χ0) is 18.6. The van der Waals surface area contributed by atoms with E-state index in [9.17, 15) is 0 Å². The van der Waals surface area contributed by atoms with Gasteiger partial charge in [0, 0.05) is 6.61 Å². The molecule has 2 aromatic carbocycles. The molecule has 0 aliphatic carbocycles. The van der Waals surface area contributed by atoms with Crippen molar-refractivity contribution in [2.45, 2.75) is 39.7 Å². The van der Waals surface area contributed by atoms with Gasteiger partial charge in [-0.1, -0.05) is 60.7 Å². The summed E-state index contributed by atoms with van der Waals surface area (Å²) in [4.78, 5) is 0. The molecule has 0 aliphatic heterocycles. The van der Waals surface area contributed by atoms with Crippen molar-refractivity contribution in [2.24, 2.45) is 0 Å². The Balaban J connectivity index is 2.55. The van der Waals surface area contributed by atoms with Gasteiger partial charge in [0.05, 0.1) is 0 Å². The lowest BCUT2D eigenvalue weighted by molar-refractivity contribution is 0.255. The summed E-state index contributed by atoms with van der Waals surface area (Å²) in [6.07, 6.45) is 0. The van der Waals surface area contributed by atoms with Crippen molar-refractivity contribution in [3.05, 3.63) is 60.7 Å². The van der Waals surface area contributed by atoms with Crippen LogP contribution in [0.4, 0.5) is 0 Å². The van der Waals surface area contributed by atoms with Crippen LogP contribution >= 0.6 is 0 Å². The number of benzene rings is 2. The Hall–Kier alpha value is -1.03. The van der Waals surface area contributed by atoms with E-state index in [0.717, 1.165) is 10.4 Å². The van der Waals surface area contributed by atoms with E-state index in [1.807, 2.05) is 19.1 Å². The van der Waals surface area contributed by atoms with E-state index in [-0.39, 0.29) is 0 Å². The van der Waals surface area contributed by atoms with Crippen LogP contribution in [0.1, 0.15) is 6.92 Å². The van der Waals surface area contributed by atoms with Gasteiger partial charge in [0.1, 0.15) is 0 Å². The van der Waals surface area contributed by atoms with Crippen LogP contribution in [-0.2, 0) is 12.7 Å². The summed E-state index contributed by atoms with van der Waals surface area (Å²) < 4.78 is 19.8. The van der Waals surface area contributed by atoms with Crippen LogP contribution in [-0.4, -0.2) is 32.0 Å². The summed E-state index contributed by atoms with van der Waals surface area (Å²) in [6, 6.07) is 20.7. The molecule has 0 bridgehead atoms. The first-order valence-electron chi connectivity index (χ1n) is 8.84. The summed E-state index contributed by atoms with van der Waals surface area (Å²) >= 11 is 0. The summed E-state index contributed by atoms with van der Waals surface area (Å²) in [6.45, 7) is 13.5. The van der Waals surface area contributed by atoms with Gasteiger partial charge < -0.3 is 12.7 Å². The Morgan fingerprint density at radius 2 is 1.12 bits per heavy atom. The Labute approximate surface area is 155 Å².